The van der Waals surface area contributed by atoms with Crippen molar-refractivity contribution in [2.75, 3.05) is 6.61 Å². The van der Waals surface area contributed by atoms with Crippen LogP contribution in [0.1, 0.15) is 18.9 Å². The normalized spacial score (nSPS) is 12.8. The van der Waals surface area contributed by atoms with E-state index in [4.69, 9.17) is 9.47 Å². The first kappa shape index (κ1) is 17.7. The number of hydrogen-bond acceptors (Lipinski definition) is 4. The van der Waals surface area contributed by atoms with Crippen molar-refractivity contribution < 1.29 is 19.1 Å². The van der Waals surface area contributed by atoms with Gasteiger partial charge in [0, 0.05) is 0 Å². The molecule has 118 valence electrons. The molecule has 1 unspecified atom stereocenters. The highest BCUT2D eigenvalue weighted by atomic mass is 16.5. The summed E-state index contributed by atoms with van der Waals surface area (Å²) in [5.74, 6) is -2.06. The minimum absolute atomic E-state index is 0.128. The van der Waals surface area contributed by atoms with Crippen molar-refractivity contribution in [3.63, 3.8) is 0 Å². The average molecular weight is 302 g/mol. The van der Waals surface area contributed by atoms with E-state index < -0.39 is 23.8 Å². The van der Waals surface area contributed by atoms with Gasteiger partial charge in [-0.2, -0.15) is 0 Å². The predicted octanol–water partition coefficient (Wildman–Crippen LogP) is 3.29. The molecule has 0 aromatic heterocycles. The summed E-state index contributed by atoms with van der Waals surface area (Å²) in [4.78, 5) is 24.1. The van der Waals surface area contributed by atoms with Crippen LogP contribution < -0.4 is 0 Å². The van der Waals surface area contributed by atoms with Crippen molar-refractivity contribution in [2.24, 2.45) is 11.8 Å². The van der Waals surface area contributed by atoms with Gasteiger partial charge in [0.2, 0.25) is 0 Å². The second kappa shape index (κ2) is 9.55. The third kappa shape index (κ3) is 5.56. The summed E-state index contributed by atoms with van der Waals surface area (Å²) in [6.45, 7) is 9.08. The topological polar surface area (TPSA) is 52.6 Å². The molecule has 0 bridgehead atoms. The third-order valence-electron chi connectivity index (χ3n) is 3.27. The lowest BCUT2D eigenvalue weighted by atomic mass is 9.91. The zero-order valence-corrected chi connectivity index (χ0v) is 12.9. The number of carbonyl (C=O) groups is 2. The molecule has 1 aromatic carbocycles. The average Bonchev–Trinajstić information content (AvgIpc) is 2.55. The predicted molar refractivity (Wildman–Crippen MR) is 84.9 cm³/mol. The van der Waals surface area contributed by atoms with Gasteiger partial charge >= 0.3 is 11.9 Å². The molecule has 4 nitrogen and oxygen atoms in total. The van der Waals surface area contributed by atoms with Crippen molar-refractivity contribution in [3.05, 3.63) is 61.2 Å². The first-order valence-corrected chi connectivity index (χ1v) is 7.19. The van der Waals surface area contributed by atoms with E-state index in [0.29, 0.717) is 6.42 Å². The third-order valence-corrected chi connectivity index (χ3v) is 3.27. The van der Waals surface area contributed by atoms with Gasteiger partial charge in [-0.3, -0.25) is 9.59 Å². The Kier molecular flexibility index (Phi) is 7.68. The van der Waals surface area contributed by atoms with Gasteiger partial charge in [0.05, 0.1) is 11.8 Å². The van der Waals surface area contributed by atoms with Crippen LogP contribution in [0.15, 0.2) is 55.6 Å². The van der Waals surface area contributed by atoms with E-state index in [-0.39, 0.29) is 13.2 Å². The van der Waals surface area contributed by atoms with Crippen LogP contribution in [0.3, 0.4) is 0 Å². The highest BCUT2D eigenvalue weighted by molar-refractivity contribution is 5.82. The van der Waals surface area contributed by atoms with Gasteiger partial charge in [0.1, 0.15) is 13.2 Å². The second-order valence-corrected chi connectivity index (χ2v) is 4.93. The maximum absolute atomic E-state index is 12.2. The lowest BCUT2D eigenvalue weighted by Gasteiger charge is -2.20. The molecule has 1 rings (SSSR count). The fourth-order valence-electron chi connectivity index (χ4n) is 1.96. The minimum Gasteiger partial charge on any atom is -0.461 e. The van der Waals surface area contributed by atoms with Crippen LogP contribution in [0.2, 0.25) is 0 Å². The molecule has 2 atom stereocenters. The van der Waals surface area contributed by atoms with E-state index in [1.165, 1.54) is 6.08 Å². The van der Waals surface area contributed by atoms with E-state index in [0.717, 1.165) is 5.56 Å². The van der Waals surface area contributed by atoms with E-state index in [2.05, 4.69) is 13.2 Å². The van der Waals surface area contributed by atoms with Gasteiger partial charge in [-0.25, -0.2) is 0 Å². The fraction of sp³-hybridized carbons (Fsp3) is 0.333. The summed E-state index contributed by atoms with van der Waals surface area (Å²) in [6, 6.07) is 9.39. The summed E-state index contributed by atoms with van der Waals surface area (Å²) in [5, 5.41) is 0. The number of esters is 2. The molecule has 0 saturated heterocycles. The summed E-state index contributed by atoms with van der Waals surface area (Å²) in [5.41, 5.74) is 0.898. The molecule has 0 N–H and O–H groups in total. The molecule has 22 heavy (non-hydrogen) atoms. The number of ether oxygens (including phenoxy) is 2. The van der Waals surface area contributed by atoms with Crippen LogP contribution in [0.4, 0.5) is 0 Å². The molecule has 0 aliphatic rings. The molecule has 1 aromatic rings. The highest BCUT2D eigenvalue weighted by Crippen LogP contribution is 2.20. The quantitative estimate of drug-likeness (QED) is 0.519. The van der Waals surface area contributed by atoms with Gasteiger partial charge in [0.25, 0.3) is 0 Å². The largest absolute Gasteiger partial charge is 0.461 e. The summed E-state index contributed by atoms with van der Waals surface area (Å²) >= 11 is 0. The Balaban J connectivity index is 2.64. The maximum atomic E-state index is 12.2. The monoisotopic (exact) mass is 302 g/mol. The fourth-order valence-corrected chi connectivity index (χ4v) is 1.96. The van der Waals surface area contributed by atoms with Crippen molar-refractivity contribution >= 4 is 11.9 Å². The zero-order chi connectivity index (χ0) is 16.4. The van der Waals surface area contributed by atoms with Crippen LogP contribution in [-0.4, -0.2) is 18.5 Å². The van der Waals surface area contributed by atoms with Gasteiger partial charge in [-0.05, 0) is 12.0 Å². The van der Waals surface area contributed by atoms with Crippen molar-refractivity contribution in [1.29, 1.82) is 0 Å². The van der Waals surface area contributed by atoms with Crippen molar-refractivity contribution in [3.8, 4) is 0 Å². The molecular weight excluding hydrogens is 280 g/mol. The molecule has 0 aliphatic heterocycles. The van der Waals surface area contributed by atoms with Gasteiger partial charge in [-0.15, -0.1) is 6.58 Å². The van der Waals surface area contributed by atoms with E-state index in [1.807, 2.05) is 30.3 Å². The van der Waals surface area contributed by atoms with Crippen LogP contribution >= 0.6 is 0 Å². The van der Waals surface area contributed by atoms with E-state index >= 15 is 0 Å². The summed E-state index contributed by atoms with van der Waals surface area (Å²) < 4.78 is 10.3. The summed E-state index contributed by atoms with van der Waals surface area (Å²) in [7, 11) is 0. The Labute approximate surface area is 131 Å². The van der Waals surface area contributed by atoms with Crippen LogP contribution in [0.5, 0.6) is 0 Å². The lowest BCUT2D eigenvalue weighted by Crippen LogP contribution is -2.30. The molecule has 0 radical (unpaired) electrons. The smallest absolute Gasteiger partial charge is 0.310 e. The highest BCUT2D eigenvalue weighted by Gasteiger charge is 2.31. The first-order chi connectivity index (χ1) is 10.6. The molecular formula is C18H22O4. The Morgan fingerprint density at radius 2 is 1.77 bits per heavy atom. The molecule has 0 heterocycles. The number of hydrogen-bond donors (Lipinski definition) is 0. The van der Waals surface area contributed by atoms with Crippen molar-refractivity contribution in [2.45, 2.75) is 20.0 Å². The van der Waals surface area contributed by atoms with Gasteiger partial charge in [0.15, 0.2) is 0 Å². The lowest BCUT2D eigenvalue weighted by molar-refractivity contribution is -0.160. The minimum atomic E-state index is -0.599. The Morgan fingerprint density at radius 3 is 2.36 bits per heavy atom. The number of rotatable bonds is 9. The van der Waals surface area contributed by atoms with Crippen LogP contribution in [-0.2, 0) is 25.7 Å². The van der Waals surface area contributed by atoms with Crippen LogP contribution in [0.25, 0.3) is 0 Å². The molecule has 0 aliphatic carbocycles. The molecule has 0 fully saturated rings. The molecule has 0 spiro atoms. The standard InChI is InChI=1S/C18H22O4/c1-4-9-16(14(3)17(19)21-12-5-2)18(20)22-13-15-10-7-6-8-11-15/h4-8,10-11,14,16H,1-2,9,12-13H2,3H3/t14-,16?/m1/s1. The maximum Gasteiger partial charge on any atom is 0.310 e. The van der Waals surface area contributed by atoms with E-state index in [9.17, 15) is 9.59 Å². The Bertz CT molecular complexity index is 507. The van der Waals surface area contributed by atoms with Crippen LogP contribution in [0, 0.1) is 11.8 Å². The molecule has 4 heteroatoms. The molecule has 0 saturated carbocycles. The first-order valence-electron chi connectivity index (χ1n) is 7.19. The Hall–Kier alpha value is -2.36. The summed E-state index contributed by atoms with van der Waals surface area (Å²) in [6.07, 6.45) is 3.45. The second-order valence-electron chi connectivity index (χ2n) is 4.93. The SMILES string of the molecule is C=CCOC(=O)[C@H](C)C(CC=C)C(=O)OCc1ccccc1. The number of allylic oxidation sites excluding steroid dienone is 1. The Morgan fingerprint density at radius 1 is 1.09 bits per heavy atom. The number of benzene rings is 1. The zero-order valence-electron chi connectivity index (χ0n) is 12.9. The molecule has 0 amide bonds. The van der Waals surface area contributed by atoms with Crippen molar-refractivity contribution in [1.82, 2.24) is 0 Å². The van der Waals surface area contributed by atoms with E-state index in [1.54, 1.807) is 13.0 Å². The van der Waals surface area contributed by atoms with Gasteiger partial charge in [-0.1, -0.05) is 56.0 Å². The van der Waals surface area contributed by atoms with Gasteiger partial charge < -0.3 is 9.47 Å². The number of carbonyl (C=O) groups excluding carboxylic acids is 2.